The summed E-state index contributed by atoms with van der Waals surface area (Å²) >= 11 is 0. The molecular weight excluding hydrogens is 1380 g/mol. The largest absolute Gasteiger partial charge is 0.311 e. The molecule has 19 aromatic rings. The van der Waals surface area contributed by atoms with E-state index in [9.17, 15) is 0 Å². The van der Waals surface area contributed by atoms with E-state index >= 15 is 0 Å². The number of anilines is 15. The Morgan fingerprint density at radius 1 is 0.133 bits per heavy atom. The lowest BCUT2D eigenvalue weighted by atomic mass is 10.0. The molecule has 16 aromatic carbocycles. The normalized spacial score (nSPS) is 11.2. The fraction of sp³-hybridized carbons (Fsp3) is 0. The van der Waals surface area contributed by atoms with Crippen molar-refractivity contribution < 1.29 is 0 Å². The van der Waals surface area contributed by atoms with E-state index < -0.39 is 0 Å². The van der Waals surface area contributed by atoms with Gasteiger partial charge in [-0.2, -0.15) is 0 Å². The van der Waals surface area contributed by atoms with Gasteiger partial charge < -0.3 is 24.5 Å². The smallest absolute Gasteiger partial charge is 0.120 e. The fourth-order valence-electron chi connectivity index (χ4n) is 15.1. The van der Waals surface area contributed by atoms with E-state index in [2.05, 4.69) is 388 Å². The van der Waals surface area contributed by atoms with Crippen molar-refractivity contribution >= 4 is 118 Å². The van der Waals surface area contributed by atoms with Crippen molar-refractivity contribution in [2.75, 3.05) is 24.5 Å². The van der Waals surface area contributed by atoms with Gasteiger partial charge in [0, 0.05) is 113 Å². The summed E-state index contributed by atoms with van der Waals surface area (Å²) in [5.74, 6) is 0. The summed E-state index contributed by atoms with van der Waals surface area (Å²) in [6.45, 7) is 0. The minimum absolute atomic E-state index is 0.512. The van der Waals surface area contributed by atoms with Crippen LogP contribution in [0, 0.1) is 0 Å². The van der Waals surface area contributed by atoms with E-state index in [1.54, 1.807) is 0 Å². The van der Waals surface area contributed by atoms with Crippen molar-refractivity contribution in [2.45, 2.75) is 0 Å². The van der Waals surface area contributed by atoms with Gasteiger partial charge in [0.25, 0.3) is 0 Å². The molecule has 3 aromatic heterocycles. The second-order valence-corrected chi connectivity index (χ2v) is 27.5. The summed E-state index contributed by atoms with van der Waals surface area (Å²) in [5.41, 5.74) is 25.8. The molecule has 0 aliphatic heterocycles. The molecule has 0 bridgehead atoms. The minimum atomic E-state index is 0.512. The van der Waals surface area contributed by atoms with Gasteiger partial charge in [-0.25, -0.2) is 29.9 Å². The topological polar surface area (TPSA) is 93.5 Å². The first kappa shape index (κ1) is 68.1. The van der Waals surface area contributed by atoms with Crippen LogP contribution in [0.15, 0.2) is 431 Å². The maximum atomic E-state index is 5.99. The Bertz CT molecular complexity index is 6110. The third-order valence-electron chi connectivity index (χ3n) is 20.4. The van der Waals surface area contributed by atoms with Crippen molar-refractivity contribution in [3.05, 3.63) is 431 Å². The molecular formula is C102H71N11. The van der Waals surface area contributed by atoms with Crippen LogP contribution in [0.3, 0.4) is 0 Å². The standard InChI is InChI=1S/C102H71N11/c1-11-31-77(32-12-1)109(78-33-13-2-14-34-78)87-61-51-72(52-62-87)92-71-103-97-98(104-92)100-102(108-96(76-59-69-91(70-60-76)113(85-47-27-9-28-48-85)86-49-29-10-30-50-86)95(106-100)75-57-67-90(68-58-75)112(83-43-23-7-24-44-83)84-45-25-8-26-46-84)101-99(97)105-93(73-53-63-88(64-54-73)110(79-35-15-3-16-36-79)80-37-17-4-18-38-80)94(107-101)74-55-65-89(66-56-74)111(81-39-19-5-20-40-81)82-41-21-6-22-42-82/h1-71H. The molecule has 19 rings (SSSR count). The zero-order valence-corrected chi connectivity index (χ0v) is 61.4. The molecule has 534 valence electrons. The van der Waals surface area contributed by atoms with Crippen LogP contribution in [-0.2, 0) is 0 Å². The van der Waals surface area contributed by atoms with Gasteiger partial charge in [-0.3, -0.25) is 0 Å². The third kappa shape index (κ3) is 13.6. The van der Waals surface area contributed by atoms with Gasteiger partial charge in [0.05, 0.1) is 34.7 Å². The quantitative estimate of drug-likeness (QED) is 0.0683. The summed E-state index contributed by atoms with van der Waals surface area (Å²) in [5, 5.41) is 0. The van der Waals surface area contributed by atoms with Gasteiger partial charge in [0.2, 0.25) is 0 Å². The van der Waals surface area contributed by atoms with Crippen LogP contribution in [-0.4, -0.2) is 29.9 Å². The van der Waals surface area contributed by atoms with E-state index in [1.807, 2.05) is 66.9 Å². The summed E-state index contributed by atoms with van der Waals surface area (Å²) in [7, 11) is 0. The molecule has 0 aliphatic carbocycles. The first-order valence-electron chi connectivity index (χ1n) is 37.8. The second kappa shape index (κ2) is 30.7. The molecule has 0 radical (unpaired) electrons. The van der Waals surface area contributed by atoms with E-state index in [1.165, 1.54) is 0 Å². The fourth-order valence-corrected chi connectivity index (χ4v) is 15.1. The first-order chi connectivity index (χ1) is 56.1. The molecule has 3 heterocycles. The highest BCUT2D eigenvalue weighted by molar-refractivity contribution is 6.20. The summed E-state index contributed by atoms with van der Waals surface area (Å²) in [6, 6.07) is 148. The molecule has 0 unspecified atom stereocenters. The van der Waals surface area contributed by atoms with Gasteiger partial charge in [0.1, 0.15) is 33.1 Å². The van der Waals surface area contributed by atoms with Crippen LogP contribution in [0.25, 0.3) is 89.4 Å². The number of para-hydroxylation sites is 10. The molecule has 11 heteroatoms. The third-order valence-corrected chi connectivity index (χ3v) is 20.4. The van der Waals surface area contributed by atoms with E-state index in [0.717, 1.165) is 113 Å². The van der Waals surface area contributed by atoms with Crippen LogP contribution in [0.4, 0.5) is 85.3 Å². The average Bonchev–Trinajstić information content (AvgIpc) is 0.716. The summed E-state index contributed by atoms with van der Waals surface area (Å²) < 4.78 is 0. The number of fused-ring (bicyclic) bond motifs is 6. The zero-order valence-electron chi connectivity index (χ0n) is 61.4. The Labute approximate surface area is 655 Å². The van der Waals surface area contributed by atoms with Crippen LogP contribution >= 0.6 is 0 Å². The van der Waals surface area contributed by atoms with Crippen LogP contribution in [0.5, 0.6) is 0 Å². The molecule has 0 fully saturated rings. The molecule has 0 atom stereocenters. The van der Waals surface area contributed by atoms with Crippen molar-refractivity contribution in [1.29, 1.82) is 0 Å². The molecule has 0 amide bonds. The average molecular weight is 1450 g/mol. The molecule has 0 aliphatic rings. The monoisotopic (exact) mass is 1450 g/mol. The highest BCUT2D eigenvalue weighted by atomic mass is 15.2. The number of hydrogen-bond acceptors (Lipinski definition) is 11. The SMILES string of the molecule is c1ccc(N(c2ccccc2)c2ccc(-c3cnc4c(n3)c3nc(-c5ccc(N(c6ccccc6)c6ccccc6)cc5)c(-c5ccc(N(c6ccccc6)c6ccccc6)cc5)nc3c3nc(-c5ccc(N(c6ccccc6)c6ccccc6)cc5)c(-c5ccc(N(c6ccccc6)c6ccccc6)cc5)nc43)cc2)cc1. The second-order valence-electron chi connectivity index (χ2n) is 27.5. The van der Waals surface area contributed by atoms with Crippen molar-refractivity contribution in [3.63, 3.8) is 0 Å². The molecule has 0 saturated heterocycles. The van der Waals surface area contributed by atoms with Gasteiger partial charge in [-0.15, -0.1) is 0 Å². The Balaban J connectivity index is 0.856. The number of aromatic nitrogens is 6. The summed E-state index contributed by atoms with van der Waals surface area (Å²) in [4.78, 5) is 46.4. The highest BCUT2D eigenvalue weighted by Gasteiger charge is 2.27. The molecule has 0 N–H and O–H groups in total. The van der Waals surface area contributed by atoms with Crippen LogP contribution < -0.4 is 24.5 Å². The minimum Gasteiger partial charge on any atom is -0.311 e. The Hall–Kier alpha value is -15.5. The van der Waals surface area contributed by atoms with Gasteiger partial charge >= 0.3 is 0 Å². The predicted octanol–water partition coefficient (Wildman–Crippen LogP) is 27.2. The predicted molar refractivity (Wildman–Crippen MR) is 466 cm³/mol. The van der Waals surface area contributed by atoms with Crippen molar-refractivity contribution in [3.8, 4) is 56.3 Å². The van der Waals surface area contributed by atoms with Crippen molar-refractivity contribution in [1.82, 2.24) is 29.9 Å². The maximum absolute atomic E-state index is 5.99. The molecule has 11 nitrogen and oxygen atoms in total. The Morgan fingerprint density at radius 2 is 0.283 bits per heavy atom. The van der Waals surface area contributed by atoms with E-state index in [4.69, 9.17) is 29.9 Å². The van der Waals surface area contributed by atoms with Crippen LogP contribution in [0.1, 0.15) is 0 Å². The van der Waals surface area contributed by atoms with E-state index in [-0.39, 0.29) is 0 Å². The molecule has 0 saturated carbocycles. The van der Waals surface area contributed by atoms with Crippen LogP contribution in [0.2, 0.25) is 0 Å². The highest BCUT2D eigenvalue weighted by Crippen LogP contribution is 2.46. The zero-order chi connectivity index (χ0) is 75.2. The van der Waals surface area contributed by atoms with Crippen molar-refractivity contribution in [2.24, 2.45) is 0 Å². The Morgan fingerprint density at radius 3 is 0.469 bits per heavy atom. The first-order valence-corrected chi connectivity index (χ1v) is 37.8. The van der Waals surface area contributed by atoms with Gasteiger partial charge in [-0.05, 0) is 182 Å². The molecule has 0 spiro atoms. The van der Waals surface area contributed by atoms with Gasteiger partial charge in [0.15, 0.2) is 0 Å². The number of hydrogen-bond donors (Lipinski definition) is 0. The summed E-state index contributed by atoms with van der Waals surface area (Å²) in [6.07, 6.45) is 1.85. The maximum Gasteiger partial charge on any atom is 0.120 e. The number of nitrogens with zero attached hydrogens (tertiary/aromatic N) is 11. The number of rotatable bonds is 20. The lowest BCUT2D eigenvalue weighted by Crippen LogP contribution is -2.10. The lowest BCUT2D eigenvalue weighted by molar-refractivity contribution is 1.23. The van der Waals surface area contributed by atoms with Gasteiger partial charge in [-0.1, -0.05) is 243 Å². The molecule has 113 heavy (non-hydrogen) atoms. The van der Waals surface area contributed by atoms with E-state index in [0.29, 0.717) is 61.6 Å². The lowest BCUT2D eigenvalue weighted by Gasteiger charge is -2.26. The number of benzene rings is 16. The Kier molecular flexibility index (Phi) is 18.5.